The summed E-state index contributed by atoms with van der Waals surface area (Å²) in [6, 6.07) is 13.0. The Hall–Kier alpha value is -3.06. The zero-order chi connectivity index (χ0) is 18.1. The first-order valence-electron chi connectivity index (χ1n) is 7.94. The number of H-pyrrole nitrogens is 1. The summed E-state index contributed by atoms with van der Waals surface area (Å²) in [6.07, 6.45) is 3.07. The summed E-state index contributed by atoms with van der Waals surface area (Å²) >= 11 is 3.45. The van der Waals surface area contributed by atoms with Crippen molar-refractivity contribution in [1.29, 1.82) is 0 Å². The lowest BCUT2D eigenvalue weighted by Gasteiger charge is -2.09. The van der Waals surface area contributed by atoms with Crippen LogP contribution in [-0.4, -0.2) is 25.8 Å². The van der Waals surface area contributed by atoms with Crippen LogP contribution in [0.3, 0.4) is 0 Å². The Balaban J connectivity index is 1.65. The number of carbonyl (C=O) groups is 1. The van der Waals surface area contributed by atoms with Gasteiger partial charge in [-0.15, -0.1) is 0 Å². The first-order chi connectivity index (χ1) is 12.6. The summed E-state index contributed by atoms with van der Waals surface area (Å²) in [5.74, 6) is -0.160. The highest BCUT2D eigenvalue weighted by Crippen LogP contribution is 2.26. The van der Waals surface area contributed by atoms with E-state index in [1.807, 2.05) is 43.3 Å². The van der Waals surface area contributed by atoms with E-state index in [1.54, 1.807) is 12.4 Å². The standard InChI is InChI=1S/C19H14BrN5O/c1-11-7-13(5-6-15(11)20)19(26)25-14-4-2-3-12(8-14)16-17-18(23-9-21-16)24-10-22-17/h2-10H,1H3,(H,25,26)(H,21,22,23,24). The van der Waals surface area contributed by atoms with Crippen molar-refractivity contribution in [2.45, 2.75) is 6.92 Å². The maximum absolute atomic E-state index is 12.5. The average molecular weight is 408 g/mol. The number of imidazole rings is 1. The zero-order valence-electron chi connectivity index (χ0n) is 13.8. The molecule has 2 heterocycles. The lowest BCUT2D eigenvalue weighted by molar-refractivity contribution is 0.102. The molecule has 0 aliphatic carbocycles. The van der Waals surface area contributed by atoms with Gasteiger partial charge in [-0.25, -0.2) is 15.0 Å². The van der Waals surface area contributed by atoms with Crippen LogP contribution in [-0.2, 0) is 0 Å². The predicted molar refractivity (Wildman–Crippen MR) is 104 cm³/mol. The van der Waals surface area contributed by atoms with Crippen LogP contribution in [0.15, 0.2) is 59.6 Å². The van der Waals surface area contributed by atoms with Crippen molar-refractivity contribution in [2.24, 2.45) is 0 Å². The third-order valence-electron chi connectivity index (χ3n) is 4.04. The molecule has 0 bridgehead atoms. The first kappa shape index (κ1) is 16.4. The summed E-state index contributed by atoms with van der Waals surface area (Å²) in [6.45, 7) is 1.95. The van der Waals surface area contributed by atoms with Crippen molar-refractivity contribution in [1.82, 2.24) is 19.9 Å². The monoisotopic (exact) mass is 407 g/mol. The molecule has 0 saturated carbocycles. The molecule has 2 aromatic heterocycles. The number of nitrogens with zero attached hydrogens (tertiary/aromatic N) is 3. The molecule has 0 aliphatic heterocycles. The second kappa shape index (κ2) is 6.68. The van der Waals surface area contributed by atoms with E-state index in [4.69, 9.17) is 0 Å². The number of rotatable bonds is 3. The van der Waals surface area contributed by atoms with Gasteiger partial charge in [0.25, 0.3) is 5.91 Å². The molecular weight excluding hydrogens is 394 g/mol. The van der Waals surface area contributed by atoms with Crippen molar-refractivity contribution in [3.63, 3.8) is 0 Å². The van der Waals surface area contributed by atoms with Crippen molar-refractivity contribution >= 4 is 38.7 Å². The van der Waals surface area contributed by atoms with Gasteiger partial charge in [0, 0.05) is 21.3 Å². The van der Waals surface area contributed by atoms with Crippen LogP contribution in [0.1, 0.15) is 15.9 Å². The van der Waals surface area contributed by atoms with Gasteiger partial charge >= 0.3 is 0 Å². The SMILES string of the molecule is Cc1cc(C(=O)Nc2cccc(-c3ncnc4nc[nH]c34)c2)ccc1Br. The highest BCUT2D eigenvalue weighted by molar-refractivity contribution is 9.10. The molecule has 0 saturated heterocycles. The Morgan fingerprint density at radius 2 is 2.00 bits per heavy atom. The Labute approximate surface area is 157 Å². The third-order valence-corrected chi connectivity index (χ3v) is 4.93. The molecule has 0 spiro atoms. The average Bonchev–Trinajstić information content (AvgIpc) is 3.13. The van der Waals surface area contributed by atoms with Crippen LogP contribution in [0.2, 0.25) is 0 Å². The number of amides is 1. The number of aryl methyl sites for hydroxylation is 1. The van der Waals surface area contributed by atoms with Gasteiger partial charge in [0.05, 0.1) is 12.0 Å². The molecule has 2 N–H and O–H groups in total. The highest BCUT2D eigenvalue weighted by atomic mass is 79.9. The van der Waals surface area contributed by atoms with E-state index >= 15 is 0 Å². The number of hydrogen-bond acceptors (Lipinski definition) is 4. The molecule has 128 valence electrons. The van der Waals surface area contributed by atoms with E-state index in [0.717, 1.165) is 26.8 Å². The molecular formula is C19H14BrN5O. The largest absolute Gasteiger partial charge is 0.341 e. The quantitative estimate of drug-likeness (QED) is 0.528. The number of nitrogens with one attached hydrogen (secondary N) is 2. The molecule has 0 radical (unpaired) electrons. The second-order valence-electron chi connectivity index (χ2n) is 5.82. The van der Waals surface area contributed by atoms with Gasteiger partial charge in [-0.2, -0.15) is 0 Å². The molecule has 26 heavy (non-hydrogen) atoms. The number of carbonyl (C=O) groups excluding carboxylic acids is 1. The van der Waals surface area contributed by atoms with Crippen molar-refractivity contribution in [3.05, 3.63) is 70.7 Å². The van der Waals surface area contributed by atoms with Gasteiger partial charge in [0.1, 0.15) is 11.8 Å². The number of halogens is 1. The Bertz CT molecular complexity index is 1120. The van der Waals surface area contributed by atoms with Crippen LogP contribution in [0.4, 0.5) is 5.69 Å². The van der Waals surface area contributed by atoms with Gasteiger partial charge < -0.3 is 10.3 Å². The molecule has 7 heteroatoms. The summed E-state index contributed by atoms with van der Waals surface area (Å²) < 4.78 is 0.975. The lowest BCUT2D eigenvalue weighted by atomic mass is 10.1. The first-order valence-corrected chi connectivity index (χ1v) is 8.73. The fraction of sp³-hybridized carbons (Fsp3) is 0.0526. The van der Waals surface area contributed by atoms with Crippen molar-refractivity contribution < 1.29 is 4.79 Å². The van der Waals surface area contributed by atoms with Crippen molar-refractivity contribution in [3.8, 4) is 11.3 Å². The van der Waals surface area contributed by atoms with E-state index in [1.165, 1.54) is 6.33 Å². The fourth-order valence-electron chi connectivity index (χ4n) is 2.72. The van der Waals surface area contributed by atoms with Gasteiger partial charge in [-0.1, -0.05) is 28.1 Å². The maximum Gasteiger partial charge on any atom is 0.255 e. The summed E-state index contributed by atoms with van der Waals surface area (Å²) in [5, 5.41) is 2.93. The van der Waals surface area contributed by atoms with Gasteiger partial charge in [-0.3, -0.25) is 4.79 Å². The Morgan fingerprint density at radius 1 is 1.12 bits per heavy atom. The molecule has 0 atom stereocenters. The van der Waals surface area contributed by atoms with Gasteiger partial charge in [-0.05, 0) is 42.8 Å². The molecule has 0 aliphatic rings. The van der Waals surface area contributed by atoms with Crippen molar-refractivity contribution in [2.75, 3.05) is 5.32 Å². The van der Waals surface area contributed by atoms with Gasteiger partial charge in [0.2, 0.25) is 0 Å². The van der Waals surface area contributed by atoms with Crippen LogP contribution in [0.25, 0.3) is 22.4 Å². The third kappa shape index (κ3) is 3.09. The normalized spacial score (nSPS) is 10.8. The summed E-state index contributed by atoms with van der Waals surface area (Å²) in [4.78, 5) is 28.2. The topological polar surface area (TPSA) is 83.6 Å². The molecule has 2 aromatic carbocycles. The molecule has 0 unspecified atom stereocenters. The minimum Gasteiger partial charge on any atom is -0.341 e. The van der Waals surface area contributed by atoms with E-state index < -0.39 is 0 Å². The van der Waals surface area contributed by atoms with Gasteiger partial charge in [0.15, 0.2) is 5.65 Å². The molecule has 6 nitrogen and oxygen atoms in total. The number of aromatic nitrogens is 4. The summed E-state index contributed by atoms with van der Waals surface area (Å²) in [7, 11) is 0. The van der Waals surface area contributed by atoms with Crippen LogP contribution in [0, 0.1) is 6.92 Å². The zero-order valence-corrected chi connectivity index (χ0v) is 15.4. The van der Waals surface area contributed by atoms with Crippen LogP contribution < -0.4 is 5.32 Å². The van der Waals surface area contributed by atoms with Crippen LogP contribution >= 0.6 is 15.9 Å². The maximum atomic E-state index is 12.5. The minimum absolute atomic E-state index is 0.160. The number of hydrogen-bond donors (Lipinski definition) is 2. The van der Waals surface area contributed by atoms with Crippen LogP contribution in [0.5, 0.6) is 0 Å². The lowest BCUT2D eigenvalue weighted by Crippen LogP contribution is -2.12. The second-order valence-corrected chi connectivity index (χ2v) is 6.68. The number of anilines is 1. The number of benzene rings is 2. The van der Waals surface area contributed by atoms with E-state index in [2.05, 4.69) is 41.2 Å². The highest BCUT2D eigenvalue weighted by Gasteiger charge is 2.11. The smallest absolute Gasteiger partial charge is 0.255 e. The summed E-state index contributed by atoms with van der Waals surface area (Å²) in [5.41, 5.74) is 5.28. The Morgan fingerprint density at radius 3 is 2.85 bits per heavy atom. The number of aromatic amines is 1. The molecule has 1 amide bonds. The minimum atomic E-state index is -0.160. The molecule has 4 rings (SSSR count). The predicted octanol–water partition coefficient (Wildman–Crippen LogP) is 4.34. The fourth-order valence-corrected chi connectivity index (χ4v) is 2.96. The van der Waals surface area contributed by atoms with E-state index in [0.29, 0.717) is 16.9 Å². The molecule has 4 aromatic rings. The van der Waals surface area contributed by atoms with E-state index in [9.17, 15) is 4.79 Å². The van der Waals surface area contributed by atoms with E-state index in [-0.39, 0.29) is 5.91 Å². The number of fused-ring (bicyclic) bond motifs is 1. The molecule has 0 fully saturated rings. The Kier molecular flexibility index (Phi) is 4.22.